The van der Waals surface area contributed by atoms with Crippen molar-refractivity contribution in [2.24, 2.45) is 11.7 Å². The zero-order chi connectivity index (χ0) is 10.8. The van der Waals surface area contributed by atoms with E-state index in [9.17, 15) is 4.79 Å². The minimum absolute atomic E-state index is 0.206. The van der Waals surface area contributed by atoms with Gasteiger partial charge in [0, 0.05) is 0 Å². The molecule has 0 aromatic heterocycles. The fourth-order valence-corrected chi connectivity index (χ4v) is 2.01. The Morgan fingerprint density at radius 3 is 2.64 bits per heavy atom. The molecule has 0 bridgehead atoms. The van der Waals surface area contributed by atoms with Crippen LogP contribution in [0.2, 0.25) is 6.32 Å². The zero-order valence-electron chi connectivity index (χ0n) is 8.02. The molecule has 0 heterocycles. The Kier molecular flexibility index (Phi) is 3.52. The van der Waals surface area contributed by atoms with Crippen LogP contribution in [0.4, 0.5) is 0 Å². The van der Waals surface area contributed by atoms with Gasteiger partial charge >= 0.3 is 13.1 Å². The molecule has 1 aliphatic carbocycles. The highest BCUT2D eigenvalue weighted by molar-refractivity contribution is 6.40. The summed E-state index contributed by atoms with van der Waals surface area (Å²) in [5, 5.41) is 26.2. The highest BCUT2D eigenvalue weighted by Crippen LogP contribution is 2.35. The first-order valence-electron chi connectivity index (χ1n) is 4.82. The average molecular weight is 201 g/mol. The van der Waals surface area contributed by atoms with Crippen LogP contribution in [-0.2, 0) is 4.79 Å². The second-order valence-electron chi connectivity index (χ2n) is 4.13. The molecule has 1 fully saturated rings. The van der Waals surface area contributed by atoms with Crippen molar-refractivity contribution in [1.29, 1.82) is 0 Å². The first-order valence-corrected chi connectivity index (χ1v) is 4.82. The summed E-state index contributed by atoms with van der Waals surface area (Å²) in [6.07, 6.45) is 2.60. The van der Waals surface area contributed by atoms with E-state index < -0.39 is 18.6 Å². The van der Waals surface area contributed by atoms with Gasteiger partial charge in [-0.25, -0.2) is 0 Å². The molecule has 14 heavy (non-hydrogen) atoms. The van der Waals surface area contributed by atoms with Gasteiger partial charge in [-0.1, -0.05) is 6.42 Å². The van der Waals surface area contributed by atoms with E-state index in [1.54, 1.807) is 0 Å². The lowest BCUT2D eigenvalue weighted by molar-refractivity contribution is -0.143. The SMILES string of the molecule is NC1(C(=O)O)CCC(CCB(O)O)C1. The van der Waals surface area contributed by atoms with Gasteiger partial charge in [0.1, 0.15) is 5.54 Å². The maximum Gasteiger partial charge on any atom is 0.451 e. The predicted octanol–water partition coefficient (Wildman–Crippen LogP) is -0.569. The van der Waals surface area contributed by atoms with Gasteiger partial charge in [-0.05, 0) is 31.5 Å². The number of aliphatic carboxylic acids is 1. The van der Waals surface area contributed by atoms with Gasteiger partial charge in [-0.2, -0.15) is 0 Å². The van der Waals surface area contributed by atoms with Crippen LogP contribution in [0.15, 0.2) is 0 Å². The van der Waals surface area contributed by atoms with E-state index in [1.165, 1.54) is 0 Å². The highest BCUT2D eigenvalue weighted by Gasteiger charge is 2.41. The summed E-state index contributed by atoms with van der Waals surface area (Å²) in [6.45, 7) is 0. The summed E-state index contributed by atoms with van der Waals surface area (Å²) in [5.41, 5.74) is 4.58. The third kappa shape index (κ3) is 2.70. The van der Waals surface area contributed by atoms with E-state index in [1.807, 2.05) is 0 Å². The Labute approximate surface area is 83.1 Å². The van der Waals surface area contributed by atoms with Crippen molar-refractivity contribution in [3.05, 3.63) is 0 Å². The second-order valence-corrected chi connectivity index (χ2v) is 4.13. The van der Waals surface area contributed by atoms with Gasteiger partial charge in [0.2, 0.25) is 0 Å². The normalized spacial score (nSPS) is 31.8. The van der Waals surface area contributed by atoms with Crippen LogP contribution in [-0.4, -0.2) is 33.8 Å². The smallest absolute Gasteiger partial charge is 0.451 e. The molecule has 0 amide bonds. The number of carbonyl (C=O) groups is 1. The zero-order valence-corrected chi connectivity index (χ0v) is 8.02. The van der Waals surface area contributed by atoms with Crippen molar-refractivity contribution in [2.45, 2.75) is 37.5 Å². The average Bonchev–Trinajstić information content (AvgIpc) is 2.45. The minimum atomic E-state index is -1.30. The number of carboxylic acid groups (broad SMARTS) is 1. The van der Waals surface area contributed by atoms with Crippen LogP contribution in [0.1, 0.15) is 25.7 Å². The molecular formula is C8H16BNO4. The Hall–Kier alpha value is -0.585. The number of carboxylic acids is 1. The summed E-state index contributed by atoms with van der Waals surface area (Å²) in [7, 11) is -1.30. The van der Waals surface area contributed by atoms with Gasteiger partial charge in [-0.15, -0.1) is 0 Å². The molecule has 0 aromatic carbocycles. The molecule has 1 saturated carbocycles. The van der Waals surface area contributed by atoms with Gasteiger partial charge in [0.15, 0.2) is 0 Å². The molecule has 0 saturated heterocycles. The molecule has 1 rings (SSSR count). The van der Waals surface area contributed by atoms with Gasteiger partial charge < -0.3 is 20.9 Å². The van der Waals surface area contributed by atoms with Crippen molar-refractivity contribution >= 4 is 13.1 Å². The first kappa shape index (κ1) is 11.5. The molecule has 1 aliphatic rings. The van der Waals surface area contributed by atoms with Gasteiger partial charge in [0.05, 0.1) is 0 Å². The van der Waals surface area contributed by atoms with Crippen molar-refractivity contribution in [2.75, 3.05) is 0 Å². The van der Waals surface area contributed by atoms with E-state index in [0.717, 1.165) is 6.42 Å². The van der Waals surface area contributed by atoms with E-state index in [-0.39, 0.29) is 5.92 Å². The third-order valence-corrected chi connectivity index (χ3v) is 2.91. The minimum Gasteiger partial charge on any atom is -0.480 e. The molecule has 0 aliphatic heterocycles. The lowest BCUT2D eigenvalue weighted by Crippen LogP contribution is -2.45. The Bertz CT molecular complexity index is 223. The summed E-state index contributed by atoms with van der Waals surface area (Å²) < 4.78 is 0. The number of nitrogens with two attached hydrogens (primary N) is 1. The van der Waals surface area contributed by atoms with Crippen LogP contribution < -0.4 is 5.73 Å². The lowest BCUT2D eigenvalue weighted by atomic mass is 9.80. The topological polar surface area (TPSA) is 104 Å². The Morgan fingerprint density at radius 1 is 1.57 bits per heavy atom. The summed E-state index contributed by atoms with van der Waals surface area (Å²) >= 11 is 0. The standard InChI is InChI=1S/C8H16BNO4/c10-8(7(11)12)3-1-6(5-8)2-4-9(13)14/h6,13-14H,1-5,10H2,(H,11,12). The van der Waals surface area contributed by atoms with E-state index in [2.05, 4.69) is 0 Å². The molecule has 80 valence electrons. The first-order chi connectivity index (χ1) is 6.44. The number of hydrogen-bond acceptors (Lipinski definition) is 4. The molecule has 5 N–H and O–H groups in total. The molecule has 2 atom stereocenters. The molecule has 0 radical (unpaired) electrons. The number of hydrogen-bond donors (Lipinski definition) is 4. The predicted molar refractivity (Wildman–Crippen MR) is 51.5 cm³/mol. The van der Waals surface area contributed by atoms with E-state index >= 15 is 0 Å². The van der Waals surface area contributed by atoms with Crippen LogP contribution in [0.5, 0.6) is 0 Å². The van der Waals surface area contributed by atoms with E-state index in [0.29, 0.717) is 25.6 Å². The van der Waals surface area contributed by atoms with Crippen LogP contribution in [0, 0.1) is 5.92 Å². The molecule has 2 unspecified atom stereocenters. The summed E-state index contributed by atoms with van der Waals surface area (Å²) in [4.78, 5) is 10.8. The lowest BCUT2D eigenvalue weighted by Gasteiger charge is -2.18. The largest absolute Gasteiger partial charge is 0.480 e. The van der Waals surface area contributed by atoms with Crippen molar-refractivity contribution in [3.8, 4) is 0 Å². The van der Waals surface area contributed by atoms with Crippen LogP contribution in [0.3, 0.4) is 0 Å². The molecule has 6 heteroatoms. The fraction of sp³-hybridized carbons (Fsp3) is 0.875. The van der Waals surface area contributed by atoms with Gasteiger partial charge in [-0.3, -0.25) is 4.79 Å². The second kappa shape index (κ2) is 4.29. The van der Waals surface area contributed by atoms with Gasteiger partial charge in [0.25, 0.3) is 0 Å². The quantitative estimate of drug-likeness (QED) is 0.456. The Balaban J connectivity index is 2.37. The third-order valence-electron chi connectivity index (χ3n) is 2.91. The van der Waals surface area contributed by atoms with Crippen molar-refractivity contribution in [1.82, 2.24) is 0 Å². The molecule has 0 spiro atoms. The van der Waals surface area contributed by atoms with E-state index in [4.69, 9.17) is 20.9 Å². The molecular weight excluding hydrogens is 185 g/mol. The summed E-state index contributed by atoms with van der Waals surface area (Å²) in [5.74, 6) is -0.748. The maximum atomic E-state index is 10.8. The van der Waals surface area contributed by atoms with Crippen molar-refractivity contribution < 1.29 is 19.9 Å². The van der Waals surface area contributed by atoms with Crippen LogP contribution in [0.25, 0.3) is 0 Å². The fourth-order valence-electron chi connectivity index (χ4n) is 2.01. The number of rotatable bonds is 4. The monoisotopic (exact) mass is 201 g/mol. The summed E-state index contributed by atoms with van der Waals surface area (Å²) in [6, 6.07) is 0. The van der Waals surface area contributed by atoms with Crippen molar-refractivity contribution in [3.63, 3.8) is 0 Å². The van der Waals surface area contributed by atoms with Crippen LogP contribution >= 0.6 is 0 Å². The molecule has 0 aromatic rings. The Morgan fingerprint density at radius 2 is 2.21 bits per heavy atom. The molecule has 5 nitrogen and oxygen atoms in total. The maximum absolute atomic E-state index is 10.8. The highest BCUT2D eigenvalue weighted by atomic mass is 16.4.